The number of ether oxygens (including phenoxy) is 1. The summed E-state index contributed by atoms with van der Waals surface area (Å²) >= 11 is 0. The molecule has 94 valence electrons. The molecule has 0 aromatic heterocycles. The number of rotatable bonds is 2. The molecule has 0 radical (unpaired) electrons. The molecule has 2 N–H and O–H groups in total. The zero-order chi connectivity index (χ0) is 12.4. The third kappa shape index (κ3) is 3.64. The van der Waals surface area contributed by atoms with Gasteiger partial charge in [0.25, 0.3) is 0 Å². The number of amides is 1. The van der Waals surface area contributed by atoms with E-state index in [4.69, 9.17) is 9.84 Å². The van der Waals surface area contributed by atoms with Gasteiger partial charge in [-0.2, -0.15) is 0 Å². The molecule has 1 saturated heterocycles. The Morgan fingerprint density at radius 2 is 2.12 bits per heavy atom. The first-order chi connectivity index (χ1) is 7.26. The van der Waals surface area contributed by atoms with Gasteiger partial charge in [-0.25, -0.2) is 4.79 Å². The number of carbonyl (C=O) groups excluding carboxylic acids is 1. The van der Waals surface area contributed by atoms with E-state index in [9.17, 15) is 9.90 Å². The fourth-order valence-electron chi connectivity index (χ4n) is 1.75. The molecule has 1 aliphatic heterocycles. The van der Waals surface area contributed by atoms with E-state index in [2.05, 4.69) is 0 Å². The van der Waals surface area contributed by atoms with Gasteiger partial charge in [0.1, 0.15) is 5.60 Å². The molecule has 1 aliphatic rings. The zero-order valence-corrected chi connectivity index (χ0v) is 10.2. The first kappa shape index (κ1) is 13.3. The number of β-amino-alcohol motifs (C(OH)–C–C–N with tert-alkyl or cyclic N) is 1. The van der Waals surface area contributed by atoms with Crippen LogP contribution >= 0.6 is 0 Å². The van der Waals surface area contributed by atoms with Gasteiger partial charge in [0.05, 0.1) is 12.1 Å². The van der Waals surface area contributed by atoms with E-state index < -0.39 is 17.3 Å². The number of aliphatic hydroxyl groups excluding tert-OH is 1. The molecule has 1 fully saturated rings. The molecule has 0 spiro atoms. The Kier molecular flexibility index (Phi) is 3.80. The van der Waals surface area contributed by atoms with Crippen LogP contribution in [0.2, 0.25) is 0 Å². The summed E-state index contributed by atoms with van der Waals surface area (Å²) in [5.74, 6) is 0. The predicted octanol–water partition coefficient (Wildman–Crippen LogP) is 0.741. The number of hydrogen-bond acceptors (Lipinski definition) is 4. The van der Waals surface area contributed by atoms with E-state index in [-0.39, 0.29) is 13.2 Å². The first-order valence-electron chi connectivity index (χ1n) is 5.57. The molecular weight excluding hydrogens is 210 g/mol. The summed E-state index contributed by atoms with van der Waals surface area (Å²) in [6.45, 7) is 6.06. The highest BCUT2D eigenvalue weighted by Crippen LogP contribution is 2.25. The Morgan fingerprint density at radius 1 is 1.50 bits per heavy atom. The minimum Gasteiger partial charge on any atom is -0.444 e. The second-order valence-corrected chi connectivity index (χ2v) is 5.35. The average Bonchev–Trinajstić information content (AvgIpc) is 2.45. The molecular formula is C11H21NO4. The molecule has 0 saturated carbocycles. The summed E-state index contributed by atoms with van der Waals surface area (Å²) in [4.78, 5) is 13.2. The highest BCUT2D eigenvalue weighted by molar-refractivity contribution is 5.68. The van der Waals surface area contributed by atoms with Gasteiger partial charge in [-0.3, -0.25) is 0 Å². The van der Waals surface area contributed by atoms with Crippen molar-refractivity contribution in [2.75, 3.05) is 19.7 Å². The van der Waals surface area contributed by atoms with Gasteiger partial charge in [-0.15, -0.1) is 0 Å². The van der Waals surface area contributed by atoms with Crippen molar-refractivity contribution in [3.63, 3.8) is 0 Å². The summed E-state index contributed by atoms with van der Waals surface area (Å²) < 4.78 is 5.21. The van der Waals surface area contributed by atoms with E-state index >= 15 is 0 Å². The van der Waals surface area contributed by atoms with Crippen LogP contribution < -0.4 is 0 Å². The highest BCUT2D eigenvalue weighted by atomic mass is 16.6. The van der Waals surface area contributed by atoms with Gasteiger partial charge in [-0.1, -0.05) is 0 Å². The average molecular weight is 231 g/mol. The maximum atomic E-state index is 11.7. The van der Waals surface area contributed by atoms with Gasteiger partial charge in [-0.05, 0) is 27.2 Å². The maximum absolute atomic E-state index is 11.7. The van der Waals surface area contributed by atoms with Crippen molar-refractivity contribution in [1.82, 2.24) is 4.90 Å². The predicted molar refractivity (Wildman–Crippen MR) is 59.1 cm³/mol. The lowest BCUT2D eigenvalue weighted by molar-refractivity contribution is 0.00645. The van der Waals surface area contributed by atoms with Crippen LogP contribution in [0.25, 0.3) is 0 Å². The summed E-state index contributed by atoms with van der Waals surface area (Å²) in [6.07, 6.45) is 0.389. The van der Waals surface area contributed by atoms with E-state index in [0.29, 0.717) is 19.4 Å². The van der Waals surface area contributed by atoms with E-state index in [1.807, 2.05) is 0 Å². The van der Waals surface area contributed by atoms with E-state index in [1.54, 1.807) is 20.8 Å². The molecule has 16 heavy (non-hydrogen) atoms. The maximum Gasteiger partial charge on any atom is 0.410 e. The number of carbonyl (C=O) groups is 1. The van der Waals surface area contributed by atoms with Gasteiger partial charge in [0.15, 0.2) is 0 Å². The van der Waals surface area contributed by atoms with Gasteiger partial charge >= 0.3 is 6.09 Å². The van der Waals surface area contributed by atoms with Gasteiger partial charge in [0.2, 0.25) is 0 Å². The molecule has 0 aliphatic carbocycles. The van der Waals surface area contributed by atoms with Crippen molar-refractivity contribution < 1.29 is 19.7 Å². The van der Waals surface area contributed by atoms with Crippen molar-refractivity contribution in [3.8, 4) is 0 Å². The zero-order valence-electron chi connectivity index (χ0n) is 10.2. The quantitative estimate of drug-likeness (QED) is 0.735. The number of hydrogen-bond donors (Lipinski definition) is 2. The molecule has 1 amide bonds. The number of likely N-dealkylation sites (tertiary alicyclic amines) is 1. The van der Waals surface area contributed by atoms with Crippen LogP contribution in [0.3, 0.4) is 0 Å². The third-order valence-corrected chi connectivity index (χ3v) is 2.56. The Labute approximate surface area is 96.0 Å². The molecule has 5 heteroatoms. The van der Waals surface area contributed by atoms with Crippen LogP contribution in [-0.2, 0) is 4.74 Å². The normalized spacial score (nSPS) is 25.9. The lowest BCUT2D eigenvalue weighted by Crippen LogP contribution is -2.39. The van der Waals surface area contributed by atoms with Crippen LogP contribution in [-0.4, -0.2) is 52.1 Å². The Bertz CT molecular complexity index is 261. The van der Waals surface area contributed by atoms with Crippen LogP contribution in [0.1, 0.15) is 33.6 Å². The SMILES string of the molecule is CC(C)(C)OC(=O)N1CC[C@@](O)(CCO)C1. The van der Waals surface area contributed by atoms with E-state index in [0.717, 1.165) is 0 Å². The Morgan fingerprint density at radius 3 is 2.62 bits per heavy atom. The van der Waals surface area contributed by atoms with Gasteiger partial charge in [0, 0.05) is 19.6 Å². The summed E-state index contributed by atoms with van der Waals surface area (Å²) in [6, 6.07) is 0. The summed E-state index contributed by atoms with van der Waals surface area (Å²) in [7, 11) is 0. The molecule has 1 atom stereocenters. The first-order valence-corrected chi connectivity index (χ1v) is 5.57. The van der Waals surface area contributed by atoms with Crippen molar-refractivity contribution in [1.29, 1.82) is 0 Å². The lowest BCUT2D eigenvalue weighted by atomic mass is 10.00. The minimum atomic E-state index is -0.953. The van der Waals surface area contributed by atoms with Gasteiger partial charge < -0.3 is 19.8 Å². The van der Waals surface area contributed by atoms with Crippen molar-refractivity contribution in [2.24, 2.45) is 0 Å². The van der Waals surface area contributed by atoms with Crippen molar-refractivity contribution in [2.45, 2.75) is 44.8 Å². The second kappa shape index (κ2) is 4.59. The monoisotopic (exact) mass is 231 g/mol. The van der Waals surface area contributed by atoms with Crippen molar-refractivity contribution >= 4 is 6.09 Å². The third-order valence-electron chi connectivity index (χ3n) is 2.56. The molecule has 0 aromatic carbocycles. The summed E-state index contributed by atoms with van der Waals surface area (Å²) in [5, 5.41) is 18.8. The summed E-state index contributed by atoms with van der Waals surface area (Å²) in [5.41, 5.74) is -1.47. The largest absolute Gasteiger partial charge is 0.444 e. The van der Waals surface area contributed by atoms with Crippen LogP contribution in [0.5, 0.6) is 0 Å². The van der Waals surface area contributed by atoms with Crippen LogP contribution in [0.15, 0.2) is 0 Å². The second-order valence-electron chi connectivity index (χ2n) is 5.35. The number of aliphatic hydroxyl groups is 2. The van der Waals surface area contributed by atoms with Crippen LogP contribution in [0.4, 0.5) is 4.79 Å². The Hall–Kier alpha value is -0.810. The highest BCUT2D eigenvalue weighted by Gasteiger charge is 2.39. The van der Waals surface area contributed by atoms with Crippen molar-refractivity contribution in [3.05, 3.63) is 0 Å². The Balaban J connectivity index is 2.50. The molecule has 1 heterocycles. The minimum absolute atomic E-state index is 0.0708. The smallest absolute Gasteiger partial charge is 0.410 e. The lowest BCUT2D eigenvalue weighted by Gasteiger charge is -2.26. The standard InChI is InChI=1S/C11H21NO4/c1-10(2,3)16-9(14)12-6-4-11(15,8-12)5-7-13/h13,15H,4-8H2,1-3H3/t11-/m1/s1. The fraction of sp³-hybridized carbons (Fsp3) is 0.909. The molecule has 5 nitrogen and oxygen atoms in total. The molecule has 1 rings (SSSR count). The fourth-order valence-corrected chi connectivity index (χ4v) is 1.75. The molecule has 0 unspecified atom stereocenters. The molecule has 0 aromatic rings. The topological polar surface area (TPSA) is 70.0 Å². The van der Waals surface area contributed by atoms with E-state index in [1.165, 1.54) is 4.90 Å². The molecule has 0 bridgehead atoms. The van der Waals surface area contributed by atoms with Crippen LogP contribution in [0, 0.1) is 0 Å². The number of nitrogens with zero attached hydrogens (tertiary/aromatic N) is 1.